The highest BCUT2D eigenvalue weighted by Crippen LogP contribution is 2.05. The van der Waals surface area contributed by atoms with Crippen LogP contribution in [-0.4, -0.2) is 24.3 Å². The summed E-state index contributed by atoms with van der Waals surface area (Å²) >= 11 is 0. The molecule has 0 atom stereocenters. The first-order valence-electron chi connectivity index (χ1n) is 5.84. The molecule has 0 aromatic heterocycles. The van der Waals surface area contributed by atoms with Crippen molar-refractivity contribution in [1.29, 1.82) is 0 Å². The molecule has 0 saturated heterocycles. The second-order valence-electron chi connectivity index (χ2n) is 4.59. The number of ketones is 1. The lowest BCUT2D eigenvalue weighted by Crippen LogP contribution is -2.22. The van der Waals surface area contributed by atoms with E-state index in [4.69, 9.17) is 0 Å². The van der Waals surface area contributed by atoms with Crippen LogP contribution in [0.15, 0.2) is 30.3 Å². The van der Waals surface area contributed by atoms with Gasteiger partial charge in [-0.05, 0) is 12.6 Å². The summed E-state index contributed by atoms with van der Waals surface area (Å²) in [6, 6.07) is 10.3. The van der Waals surface area contributed by atoms with Gasteiger partial charge < -0.3 is 4.90 Å². The maximum atomic E-state index is 11.5. The van der Waals surface area contributed by atoms with Crippen LogP contribution in [0, 0.1) is 5.92 Å². The maximum absolute atomic E-state index is 11.5. The average Bonchev–Trinajstić information content (AvgIpc) is 2.27. The topological polar surface area (TPSA) is 20.3 Å². The molecule has 1 rings (SSSR count). The third-order valence-electron chi connectivity index (χ3n) is 2.68. The summed E-state index contributed by atoms with van der Waals surface area (Å²) in [7, 11) is 2.06. The van der Waals surface area contributed by atoms with Crippen molar-refractivity contribution in [1.82, 2.24) is 4.90 Å². The van der Waals surface area contributed by atoms with Crippen LogP contribution in [0.3, 0.4) is 0 Å². The molecule has 1 aromatic rings. The molecular weight excluding hydrogens is 198 g/mol. The van der Waals surface area contributed by atoms with Gasteiger partial charge in [-0.3, -0.25) is 4.79 Å². The molecule has 1 aromatic carbocycles. The minimum Gasteiger partial charge on any atom is -0.302 e. The Morgan fingerprint density at radius 2 is 1.88 bits per heavy atom. The Kier molecular flexibility index (Phi) is 5.20. The standard InChI is InChI=1S/C14H21NO/c1-12(2)14(16)9-10-15(3)11-13-7-5-4-6-8-13/h4-8,12H,9-11H2,1-3H3. The number of hydrogen-bond donors (Lipinski definition) is 0. The average molecular weight is 219 g/mol. The van der Waals surface area contributed by atoms with E-state index < -0.39 is 0 Å². The minimum absolute atomic E-state index is 0.158. The van der Waals surface area contributed by atoms with Crippen LogP contribution in [-0.2, 0) is 11.3 Å². The molecule has 16 heavy (non-hydrogen) atoms. The van der Waals surface area contributed by atoms with Gasteiger partial charge in [-0.15, -0.1) is 0 Å². The Balaban J connectivity index is 2.31. The van der Waals surface area contributed by atoms with E-state index in [0.717, 1.165) is 13.1 Å². The lowest BCUT2D eigenvalue weighted by molar-refractivity contribution is -0.122. The zero-order valence-electron chi connectivity index (χ0n) is 10.4. The molecule has 0 fully saturated rings. The first kappa shape index (κ1) is 12.9. The number of rotatable bonds is 6. The number of nitrogens with zero attached hydrogens (tertiary/aromatic N) is 1. The molecule has 0 aliphatic rings. The van der Waals surface area contributed by atoms with Crippen molar-refractivity contribution < 1.29 is 4.79 Å². The summed E-state index contributed by atoms with van der Waals surface area (Å²) < 4.78 is 0. The number of benzene rings is 1. The number of carbonyl (C=O) groups is 1. The molecule has 0 heterocycles. The Bertz CT molecular complexity index is 319. The Morgan fingerprint density at radius 3 is 2.44 bits per heavy atom. The molecule has 0 N–H and O–H groups in total. The fourth-order valence-corrected chi connectivity index (χ4v) is 1.56. The van der Waals surface area contributed by atoms with Gasteiger partial charge in [-0.2, -0.15) is 0 Å². The molecule has 0 aliphatic heterocycles. The van der Waals surface area contributed by atoms with Crippen molar-refractivity contribution in [3.8, 4) is 0 Å². The van der Waals surface area contributed by atoms with Crippen LogP contribution in [0.4, 0.5) is 0 Å². The molecule has 0 amide bonds. The molecule has 0 spiro atoms. The molecule has 0 radical (unpaired) electrons. The number of Topliss-reactive ketones (excluding diaryl/α,β-unsaturated/α-hetero) is 1. The van der Waals surface area contributed by atoms with Gasteiger partial charge in [-0.25, -0.2) is 0 Å². The lowest BCUT2D eigenvalue weighted by atomic mass is 10.1. The largest absolute Gasteiger partial charge is 0.302 e. The van der Waals surface area contributed by atoms with Gasteiger partial charge in [0.15, 0.2) is 0 Å². The smallest absolute Gasteiger partial charge is 0.136 e. The molecule has 2 nitrogen and oxygen atoms in total. The van der Waals surface area contributed by atoms with Gasteiger partial charge in [0.05, 0.1) is 0 Å². The predicted octanol–water partition coefficient (Wildman–Crippen LogP) is 2.73. The third kappa shape index (κ3) is 4.58. The van der Waals surface area contributed by atoms with E-state index in [0.29, 0.717) is 12.2 Å². The summed E-state index contributed by atoms with van der Waals surface area (Å²) in [6.07, 6.45) is 0.654. The lowest BCUT2D eigenvalue weighted by Gasteiger charge is -2.16. The first-order chi connectivity index (χ1) is 7.59. The van der Waals surface area contributed by atoms with E-state index in [-0.39, 0.29) is 5.92 Å². The van der Waals surface area contributed by atoms with Gasteiger partial charge in [0.2, 0.25) is 0 Å². The van der Waals surface area contributed by atoms with Crippen molar-refractivity contribution in [2.75, 3.05) is 13.6 Å². The summed E-state index contributed by atoms with van der Waals surface area (Å²) in [5.74, 6) is 0.505. The monoisotopic (exact) mass is 219 g/mol. The van der Waals surface area contributed by atoms with Crippen molar-refractivity contribution in [3.63, 3.8) is 0 Å². The molecular formula is C14H21NO. The summed E-state index contributed by atoms with van der Waals surface area (Å²) in [6.45, 7) is 5.66. The third-order valence-corrected chi connectivity index (χ3v) is 2.68. The Labute approximate surface area is 98.3 Å². The van der Waals surface area contributed by atoms with Crippen LogP contribution in [0.1, 0.15) is 25.8 Å². The molecule has 0 unspecified atom stereocenters. The predicted molar refractivity (Wildman–Crippen MR) is 67.2 cm³/mol. The fraction of sp³-hybridized carbons (Fsp3) is 0.500. The van der Waals surface area contributed by atoms with E-state index >= 15 is 0 Å². The molecule has 2 heteroatoms. The second kappa shape index (κ2) is 6.44. The SMILES string of the molecule is CC(C)C(=O)CCN(C)Cc1ccccc1. The van der Waals surface area contributed by atoms with Crippen molar-refractivity contribution in [2.24, 2.45) is 5.92 Å². The summed E-state index contributed by atoms with van der Waals surface area (Å²) in [5.41, 5.74) is 1.29. The van der Waals surface area contributed by atoms with Crippen LogP contribution >= 0.6 is 0 Å². The maximum Gasteiger partial charge on any atom is 0.136 e. The van der Waals surface area contributed by atoms with E-state index in [9.17, 15) is 4.79 Å². The van der Waals surface area contributed by atoms with Crippen molar-refractivity contribution in [2.45, 2.75) is 26.8 Å². The number of hydrogen-bond acceptors (Lipinski definition) is 2. The fourth-order valence-electron chi connectivity index (χ4n) is 1.56. The minimum atomic E-state index is 0.158. The summed E-state index contributed by atoms with van der Waals surface area (Å²) in [5, 5.41) is 0. The van der Waals surface area contributed by atoms with Gasteiger partial charge in [0, 0.05) is 25.4 Å². The molecule has 0 saturated carbocycles. The molecule has 88 valence electrons. The Morgan fingerprint density at radius 1 is 1.25 bits per heavy atom. The number of carbonyl (C=O) groups excluding carboxylic acids is 1. The quantitative estimate of drug-likeness (QED) is 0.733. The normalized spacial score (nSPS) is 11.1. The molecule has 0 bridgehead atoms. The molecule has 0 aliphatic carbocycles. The Hall–Kier alpha value is -1.15. The van der Waals surface area contributed by atoms with Gasteiger partial charge in [-0.1, -0.05) is 44.2 Å². The van der Waals surface area contributed by atoms with Gasteiger partial charge >= 0.3 is 0 Å². The van der Waals surface area contributed by atoms with Gasteiger partial charge in [0.25, 0.3) is 0 Å². The van der Waals surface area contributed by atoms with E-state index in [1.165, 1.54) is 5.56 Å². The summed E-state index contributed by atoms with van der Waals surface area (Å²) in [4.78, 5) is 13.7. The van der Waals surface area contributed by atoms with Crippen LogP contribution < -0.4 is 0 Å². The van der Waals surface area contributed by atoms with Crippen molar-refractivity contribution in [3.05, 3.63) is 35.9 Å². The first-order valence-corrected chi connectivity index (χ1v) is 5.84. The van der Waals surface area contributed by atoms with Crippen LogP contribution in [0.5, 0.6) is 0 Å². The van der Waals surface area contributed by atoms with E-state index in [1.54, 1.807) is 0 Å². The highest BCUT2D eigenvalue weighted by molar-refractivity contribution is 5.80. The highest BCUT2D eigenvalue weighted by atomic mass is 16.1. The van der Waals surface area contributed by atoms with Crippen LogP contribution in [0.25, 0.3) is 0 Å². The highest BCUT2D eigenvalue weighted by Gasteiger charge is 2.08. The second-order valence-corrected chi connectivity index (χ2v) is 4.59. The van der Waals surface area contributed by atoms with Crippen molar-refractivity contribution >= 4 is 5.78 Å². The van der Waals surface area contributed by atoms with Gasteiger partial charge in [0.1, 0.15) is 5.78 Å². The van der Waals surface area contributed by atoms with E-state index in [1.807, 2.05) is 32.0 Å². The van der Waals surface area contributed by atoms with E-state index in [2.05, 4.69) is 24.1 Å². The zero-order valence-corrected chi connectivity index (χ0v) is 10.4. The zero-order chi connectivity index (χ0) is 12.0. The van der Waals surface area contributed by atoms with Crippen LogP contribution in [0.2, 0.25) is 0 Å².